The topological polar surface area (TPSA) is 9.86 Å². The number of aromatic nitrogens is 2. The molecule has 0 spiro atoms. The van der Waals surface area contributed by atoms with E-state index in [1.54, 1.807) is 24.3 Å². The van der Waals surface area contributed by atoms with Gasteiger partial charge in [-0.1, -0.05) is 0 Å². The van der Waals surface area contributed by atoms with E-state index in [4.69, 9.17) is 0 Å². The molecule has 0 saturated heterocycles. The van der Waals surface area contributed by atoms with Crippen LogP contribution < -0.4 is 7.74 Å². The normalized spacial score (nSPS) is 17.0. The third-order valence-corrected chi connectivity index (χ3v) is 15.8. The molecule has 9 heteroatoms. The first kappa shape index (κ1) is 25.5. The molecule has 0 atom stereocenters. The SMILES string of the molecule is Fc1ccc(-n2cccc2)c(F)[c]1[Ti]([c]1c(F)ccc(-n2cccc2)c1F)([C]1(F)C=CC=C1)[C]1(F)C=CC=C1. The first-order valence-corrected chi connectivity index (χ1v) is 15.2. The van der Waals surface area contributed by atoms with Crippen LogP contribution >= 0.6 is 0 Å². The Morgan fingerprint density at radius 3 is 1.18 bits per heavy atom. The monoisotopic (exact) mass is 570 g/mol. The van der Waals surface area contributed by atoms with Gasteiger partial charge in [-0.25, -0.2) is 0 Å². The number of alkyl halides is 2. The van der Waals surface area contributed by atoms with Gasteiger partial charge < -0.3 is 0 Å². The van der Waals surface area contributed by atoms with Crippen molar-refractivity contribution in [2.24, 2.45) is 0 Å². The van der Waals surface area contributed by atoms with Crippen molar-refractivity contribution >= 4 is 7.74 Å². The van der Waals surface area contributed by atoms with Crippen molar-refractivity contribution in [3.8, 4) is 11.4 Å². The molecular weight excluding hydrogens is 550 g/mol. The Labute approximate surface area is 223 Å². The van der Waals surface area contributed by atoms with Crippen LogP contribution in [-0.2, 0) is 16.6 Å². The number of rotatable bonds is 6. The van der Waals surface area contributed by atoms with E-state index in [1.807, 2.05) is 0 Å². The molecule has 39 heavy (non-hydrogen) atoms. The summed E-state index contributed by atoms with van der Waals surface area (Å²) in [4.78, 5) is 0. The Morgan fingerprint density at radius 1 is 0.513 bits per heavy atom. The molecule has 0 fully saturated rings. The van der Waals surface area contributed by atoms with Gasteiger partial charge in [0.25, 0.3) is 0 Å². The summed E-state index contributed by atoms with van der Waals surface area (Å²) in [6.45, 7) is 0. The van der Waals surface area contributed by atoms with Gasteiger partial charge in [-0.3, -0.25) is 0 Å². The third-order valence-electron chi connectivity index (χ3n) is 7.38. The number of hydrogen-bond acceptors (Lipinski definition) is 0. The predicted molar refractivity (Wildman–Crippen MR) is 135 cm³/mol. The molecule has 4 aromatic rings. The summed E-state index contributed by atoms with van der Waals surface area (Å²) in [5.41, 5.74) is -0.421. The van der Waals surface area contributed by atoms with Crippen molar-refractivity contribution in [3.63, 3.8) is 0 Å². The van der Waals surface area contributed by atoms with Gasteiger partial charge in [-0.2, -0.15) is 0 Å². The van der Waals surface area contributed by atoms with Gasteiger partial charge in [0.15, 0.2) is 0 Å². The Kier molecular flexibility index (Phi) is 6.01. The Balaban J connectivity index is 1.83. The second-order valence-electron chi connectivity index (χ2n) is 9.41. The number of benzene rings is 2. The van der Waals surface area contributed by atoms with Crippen LogP contribution in [-0.4, -0.2) is 17.1 Å². The van der Waals surface area contributed by atoms with E-state index in [1.165, 1.54) is 58.2 Å². The quantitative estimate of drug-likeness (QED) is 0.185. The van der Waals surface area contributed by atoms with Crippen LogP contribution in [0.3, 0.4) is 0 Å². The van der Waals surface area contributed by atoms with Crippen LogP contribution in [0.5, 0.6) is 0 Å². The van der Waals surface area contributed by atoms with Crippen LogP contribution in [0, 0.1) is 23.3 Å². The molecule has 0 aliphatic heterocycles. The zero-order valence-electron chi connectivity index (χ0n) is 20.2. The summed E-state index contributed by atoms with van der Waals surface area (Å²) in [5, 5.41) is 0. The van der Waals surface area contributed by atoms with Gasteiger partial charge >= 0.3 is 224 Å². The number of halogens is 6. The first-order valence-electron chi connectivity index (χ1n) is 12.1. The van der Waals surface area contributed by atoms with Gasteiger partial charge in [0.2, 0.25) is 0 Å². The summed E-state index contributed by atoms with van der Waals surface area (Å²) < 4.78 is 95.2. The molecule has 0 N–H and O–H groups in total. The van der Waals surface area contributed by atoms with Gasteiger partial charge in [-0.05, 0) is 0 Å². The molecule has 2 aromatic heterocycles. The molecule has 2 aliphatic rings. The van der Waals surface area contributed by atoms with Crippen molar-refractivity contribution in [3.05, 3.63) is 145 Å². The Morgan fingerprint density at radius 2 is 0.846 bits per heavy atom. The van der Waals surface area contributed by atoms with Crippen molar-refractivity contribution in [1.29, 1.82) is 0 Å². The maximum atomic E-state index is 17.5. The Hall–Kier alpha value is -3.75. The minimum absolute atomic E-state index is 0.210. The van der Waals surface area contributed by atoms with Crippen LogP contribution in [0.25, 0.3) is 11.4 Å². The third kappa shape index (κ3) is 3.55. The standard InChI is InChI=1S/2C10H6F2N.2C5H4F.Ti/c2*11-8-3-4-10(9(12)7-8)13-5-1-2-6-13;2*6-5-3-1-2-4-5;/h2*1-6H;2*1-4H;. The van der Waals surface area contributed by atoms with Gasteiger partial charge in [0.05, 0.1) is 0 Å². The average molecular weight is 570 g/mol. The fraction of sp³-hybridized carbons (Fsp3) is 0.0667. The van der Waals surface area contributed by atoms with Crippen molar-refractivity contribution in [2.75, 3.05) is 0 Å². The zero-order chi connectivity index (χ0) is 27.4. The molecule has 2 aromatic carbocycles. The summed E-state index contributed by atoms with van der Waals surface area (Å²) >= 11 is -6.42. The number of nitrogens with zero attached hydrogens (tertiary/aromatic N) is 2. The van der Waals surface area contributed by atoms with Gasteiger partial charge in [0.1, 0.15) is 0 Å². The van der Waals surface area contributed by atoms with E-state index in [2.05, 4.69) is 0 Å². The summed E-state index contributed by atoms with van der Waals surface area (Å²) in [6, 6.07) is 10.4. The van der Waals surface area contributed by atoms with Crippen molar-refractivity contribution in [2.45, 2.75) is 7.95 Å². The molecule has 0 bridgehead atoms. The second kappa shape index (κ2) is 9.17. The fourth-order valence-electron chi connectivity index (χ4n) is 5.74. The Bertz CT molecular complexity index is 1530. The van der Waals surface area contributed by atoms with Crippen molar-refractivity contribution in [1.82, 2.24) is 9.13 Å². The van der Waals surface area contributed by atoms with Crippen LogP contribution in [0.2, 0.25) is 0 Å². The number of hydrogen-bond donors (Lipinski definition) is 0. The molecule has 0 radical (unpaired) electrons. The number of allylic oxidation sites excluding steroid dienone is 8. The van der Waals surface area contributed by atoms with E-state index >= 15 is 26.3 Å². The van der Waals surface area contributed by atoms with Crippen LogP contribution in [0.4, 0.5) is 26.3 Å². The predicted octanol–water partition coefficient (Wildman–Crippen LogP) is 6.51. The fourth-order valence-corrected chi connectivity index (χ4v) is 14.4. The molecule has 2 nitrogen and oxygen atoms in total. The molecule has 2 aliphatic carbocycles. The van der Waals surface area contributed by atoms with Gasteiger partial charge in [-0.15, -0.1) is 0 Å². The van der Waals surface area contributed by atoms with Crippen LogP contribution in [0.1, 0.15) is 0 Å². The second-order valence-corrected chi connectivity index (χ2v) is 15.7. The average Bonchev–Trinajstić information content (AvgIpc) is 3.72. The summed E-state index contributed by atoms with van der Waals surface area (Å²) in [5.74, 6) is -5.14. The maximum absolute atomic E-state index is 17.5. The van der Waals surface area contributed by atoms with E-state index in [0.717, 1.165) is 48.6 Å². The first-order chi connectivity index (χ1) is 18.7. The molecule has 196 valence electrons. The summed E-state index contributed by atoms with van der Waals surface area (Å²) in [6.07, 6.45) is 14.7. The molecule has 0 saturated carbocycles. The van der Waals surface area contributed by atoms with Crippen LogP contribution in [0.15, 0.2) is 122 Å². The minimum atomic E-state index is -6.42. The van der Waals surface area contributed by atoms with E-state index < -0.39 is 55.5 Å². The van der Waals surface area contributed by atoms with E-state index in [9.17, 15) is 0 Å². The summed E-state index contributed by atoms with van der Waals surface area (Å²) in [7, 11) is 0. The molecular formula is C30H20F6N2Ti. The molecule has 0 amide bonds. The van der Waals surface area contributed by atoms with Gasteiger partial charge in [0, 0.05) is 0 Å². The zero-order valence-corrected chi connectivity index (χ0v) is 21.8. The molecule has 6 rings (SSSR count). The molecule has 2 heterocycles. The van der Waals surface area contributed by atoms with E-state index in [0.29, 0.717) is 0 Å². The van der Waals surface area contributed by atoms with Crippen molar-refractivity contribution < 1.29 is 42.9 Å². The van der Waals surface area contributed by atoms with E-state index in [-0.39, 0.29) is 11.4 Å². The molecule has 0 unspecified atom stereocenters.